The predicted octanol–water partition coefficient (Wildman–Crippen LogP) is 0.0409. The Morgan fingerprint density at radius 1 is 1.69 bits per heavy atom. The summed E-state index contributed by atoms with van der Waals surface area (Å²) in [6.07, 6.45) is 0.249. The molecule has 0 fully saturated rings. The van der Waals surface area contributed by atoms with Crippen molar-refractivity contribution in [1.29, 1.82) is 0 Å². The third-order valence-electron chi connectivity index (χ3n) is 1.82. The number of amides is 1. The van der Waals surface area contributed by atoms with Crippen LogP contribution in [0.3, 0.4) is 0 Å². The van der Waals surface area contributed by atoms with E-state index in [1.165, 1.54) is 0 Å². The number of halogens is 1. The highest BCUT2D eigenvalue weighted by atomic mass is 79.9. The van der Waals surface area contributed by atoms with Gasteiger partial charge < -0.3 is 20.1 Å². The van der Waals surface area contributed by atoms with E-state index in [9.17, 15) is 14.7 Å². The number of carbonyl (C=O) groups is 2. The minimum atomic E-state index is -1.35. The first-order chi connectivity index (χ1) is 7.54. The summed E-state index contributed by atoms with van der Waals surface area (Å²) in [5.74, 6) is -1.19. The molecule has 16 heavy (non-hydrogen) atoms. The van der Waals surface area contributed by atoms with Gasteiger partial charge in [0.15, 0.2) is 6.10 Å². The third-order valence-corrected chi connectivity index (χ3v) is 2.28. The van der Waals surface area contributed by atoms with Crippen LogP contribution in [-0.2, 0) is 9.53 Å². The molecule has 0 aliphatic heterocycles. The van der Waals surface area contributed by atoms with Crippen LogP contribution in [0.15, 0.2) is 16.7 Å². The average Bonchev–Trinajstić information content (AvgIpc) is 2.71. The van der Waals surface area contributed by atoms with E-state index in [-0.39, 0.29) is 6.54 Å². The first-order valence-corrected chi connectivity index (χ1v) is 5.22. The molecule has 88 valence electrons. The molecule has 0 aromatic carbocycles. The summed E-state index contributed by atoms with van der Waals surface area (Å²) in [6.45, 7) is -0.192. The van der Waals surface area contributed by atoms with E-state index in [1.54, 1.807) is 12.3 Å². The lowest BCUT2D eigenvalue weighted by atomic mass is 10.3. The van der Waals surface area contributed by atoms with Gasteiger partial charge in [0.25, 0.3) is 5.91 Å². The Hall–Kier alpha value is -1.34. The summed E-state index contributed by atoms with van der Waals surface area (Å²) in [7, 11) is 1.16. The van der Waals surface area contributed by atoms with Crippen molar-refractivity contribution in [2.45, 2.75) is 6.10 Å². The van der Waals surface area contributed by atoms with Crippen LogP contribution < -0.4 is 5.32 Å². The zero-order chi connectivity index (χ0) is 12.1. The fourth-order valence-corrected chi connectivity index (χ4v) is 1.35. The van der Waals surface area contributed by atoms with Gasteiger partial charge in [-0.1, -0.05) is 0 Å². The van der Waals surface area contributed by atoms with E-state index in [0.29, 0.717) is 5.69 Å². The van der Waals surface area contributed by atoms with Crippen molar-refractivity contribution in [2.75, 3.05) is 13.7 Å². The largest absolute Gasteiger partial charge is 0.467 e. The van der Waals surface area contributed by atoms with Crippen LogP contribution in [0.5, 0.6) is 0 Å². The van der Waals surface area contributed by atoms with E-state index < -0.39 is 18.0 Å². The summed E-state index contributed by atoms with van der Waals surface area (Å²) in [4.78, 5) is 25.0. The molecule has 0 radical (unpaired) electrons. The molecular weight excluding hydrogens is 280 g/mol. The summed E-state index contributed by atoms with van der Waals surface area (Å²) in [5.41, 5.74) is 0.337. The third kappa shape index (κ3) is 3.35. The maximum atomic E-state index is 11.4. The molecule has 0 saturated carbocycles. The fraction of sp³-hybridized carbons (Fsp3) is 0.333. The molecule has 0 saturated heterocycles. The number of aromatic amines is 1. The lowest BCUT2D eigenvalue weighted by Crippen LogP contribution is -2.37. The molecule has 1 aromatic heterocycles. The Bertz CT molecular complexity index is 391. The van der Waals surface area contributed by atoms with Gasteiger partial charge in [-0.2, -0.15) is 0 Å². The topological polar surface area (TPSA) is 91.4 Å². The molecule has 1 unspecified atom stereocenters. The molecular formula is C9H11BrN2O4. The van der Waals surface area contributed by atoms with Crippen LogP contribution >= 0.6 is 15.9 Å². The van der Waals surface area contributed by atoms with Crippen molar-refractivity contribution < 1.29 is 19.4 Å². The minimum absolute atomic E-state index is 0.192. The highest BCUT2D eigenvalue weighted by Crippen LogP contribution is 2.10. The van der Waals surface area contributed by atoms with Gasteiger partial charge in [-0.3, -0.25) is 4.79 Å². The zero-order valence-corrected chi connectivity index (χ0v) is 10.1. The number of aliphatic hydroxyl groups is 1. The Morgan fingerprint density at radius 2 is 2.38 bits per heavy atom. The first kappa shape index (κ1) is 12.7. The van der Waals surface area contributed by atoms with Crippen molar-refractivity contribution in [1.82, 2.24) is 10.3 Å². The number of carbonyl (C=O) groups excluding carboxylic acids is 2. The van der Waals surface area contributed by atoms with Crippen LogP contribution in [0.2, 0.25) is 0 Å². The van der Waals surface area contributed by atoms with Crippen molar-refractivity contribution in [2.24, 2.45) is 0 Å². The monoisotopic (exact) mass is 290 g/mol. The van der Waals surface area contributed by atoms with Gasteiger partial charge >= 0.3 is 5.97 Å². The second-order valence-electron chi connectivity index (χ2n) is 2.98. The Morgan fingerprint density at radius 3 is 2.88 bits per heavy atom. The quantitative estimate of drug-likeness (QED) is 0.683. The molecule has 0 aliphatic rings. The van der Waals surface area contributed by atoms with Gasteiger partial charge in [0.05, 0.1) is 13.7 Å². The van der Waals surface area contributed by atoms with Gasteiger partial charge in [-0.15, -0.1) is 0 Å². The highest BCUT2D eigenvalue weighted by Gasteiger charge is 2.17. The molecule has 7 heteroatoms. The predicted molar refractivity (Wildman–Crippen MR) is 58.8 cm³/mol. The molecule has 1 amide bonds. The molecule has 0 bridgehead atoms. The van der Waals surface area contributed by atoms with Gasteiger partial charge in [-0.05, 0) is 22.0 Å². The van der Waals surface area contributed by atoms with Crippen molar-refractivity contribution in [3.05, 3.63) is 22.4 Å². The molecule has 1 aromatic rings. The summed E-state index contributed by atoms with van der Waals surface area (Å²) in [5, 5.41) is 11.6. The molecule has 3 N–H and O–H groups in total. The minimum Gasteiger partial charge on any atom is -0.467 e. The number of methoxy groups -OCH3 is 1. The van der Waals surface area contributed by atoms with Crippen LogP contribution in [0.25, 0.3) is 0 Å². The number of rotatable bonds is 4. The maximum absolute atomic E-state index is 11.4. The molecule has 1 rings (SSSR count). The second-order valence-corrected chi connectivity index (χ2v) is 3.90. The van der Waals surface area contributed by atoms with E-state index >= 15 is 0 Å². The van der Waals surface area contributed by atoms with Gasteiger partial charge in [-0.25, -0.2) is 4.79 Å². The lowest BCUT2D eigenvalue weighted by molar-refractivity contribution is -0.149. The Labute approximate surface area is 100 Å². The van der Waals surface area contributed by atoms with E-state index in [0.717, 1.165) is 11.6 Å². The number of ether oxygens (including phenoxy) is 1. The number of hydrogen-bond donors (Lipinski definition) is 3. The number of esters is 1. The maximum Gasteiger partial charge on any atom is 0.336 e. The number of aromatic nitrogens is 1. The number of H-pyrrole nitrogens is 1. The first-order valence-electron chi connectivity index (χ1n) is 4.42. The Kier molecular flexibility index (Phi) is 4.51. The smallest absolute Gasteiger partial charge is 0.336 e. The number of nitrogens with one attached hydrogen (secondary N) is 2. The van der Waals surface area contributed by atoms with Crippen LogP contribution in [0.4, 0.5) is 0 Å². The van der Waals surface area contributed by atoms with Gasteiger partial charge in [0.2, 0.25) is 0 Å². The SMILES string of the molecule is COC(=O)C(O)CNC(=O)c1cc(Br)c[nH]1. The van der Waals surface area contributed by atoms with Crippen LogP contribution in [-0.4, -0.2) is 41.7 Å². The van der Waals surface area contributed by atoms with E-state index in [2.05, 4.69) is 31.0 Å². The average molecular weight is 291 g/mol. The van der Waals surface area contributed by atoms with Crippen LogP contribution in [0, 0.1) is 0 Å². The zero-order valence-electron chi connectivity index (χ0n) is 8.49. The Balaban J connectivity index is 2.44. The van der Waals surface area contributed by atoms with Crippen LogP contribution in [0.1, 0.15) is 10.5 Å². The fourth-order valence-electron chi connectivity index (χ4n) is 1.00. The van der Waals surface area contributed by atoms with Crippen molar-refractivity contribution in [3.8, 4) is 0 Å². The van der Waals surface area contributed by atoms with Crippen molar-refractivity contribution >= 4 is 27.8 Å². The normalized spacial score (nSPS) is 11.9. The van der Waals surface area contributed by atoms with Gasteiger partial charge in [0, 0.05) is 10.7 Å². The lowest BCUT2D eigenvalue weighted by Gasteiger charge is -2.08. The molecule has 6 nitrogen and oxygen atoms in total. The highest BCUT2D eigenvalue weighted by molar-refractivity contribution is 9.10. The standard InChI is InChI=1S/C9H11BrN2O4/c1-16-9(15)7(13)4-12-8(14)6-2-5(10)3-11-6/h2-3,7,11,13H,4H2,1H3,(H,12,14). The number of aliphatic hydroxyl groups excluding tert-OH is 1. The van der Waals surface area contributed by atoms with E-state index in [4.69, 9.17) is 0 Å². The molecule has 0 spiro atoms. The molecule has 1 atom stereocenters. The molecule has 1 heterocycles. The number of hydrogen-bond acceptors (Lipinski definition) is 4. The van der Waals surface area contributed by atoms with E-state index in [1.807, 2.05) is 0 Å². The summed E-state index contributed by atoms with van der Waals surface area (Å²) < 4.78 is 5.04. The summed E-state index contributed by atoms with van der Waals surface area (Å²) >= 11 is 3.18. The van der Waals surface area contributed by atoms with Crippen molar-refractivity contribution in [3.63, 3.8) is 0 Å². The molecule has 0 aliphatic carbocycles. The van der Waals surface area contributed by atoms with Gasteiger partial charge in [0.1, 0.15) is 5.69 Å². The summed E-state index contributed by atoms with van der Waals surface area (Å²) in [6, 6.07) is 1.58. The second kappa shape index (κ2) is 5.66.